The van der Waals surface area contributed by atoms with Crippen molar-refractivity contribution in [3.63, 3.8) is 0 Å². The molecule has 90 valence electrons. The Labute approximate surface area is 103 Å². The van der Waals surface area contributed by atoms with E-state index >= 15 is 0 Å². The number of carbonyl (C=O) groups excluding carboxylic acids is 1. The van der Waals surface area contributed by atoms with E-state index in [0.717, 1.165) is 15.6 Å². The van der Waals surface area contributed by atoms with Gasteiger partial charge in [0.05, 0.1) is 0 Å². The third-order valence-corrected chi connectivity index (χ3v) is 4.21. The second-order valence-corrected chi connectivity index (χ2v) is 5.17. The highest BCUT2D eigenvalue weighted by Crippen LogP contribution is 2.35. The molecule has 2 aromatic rings. The third kappa shape index (κ3) is 2.11. The van der Waals surface area contributed by atoms with Crippen molar-refractivity contribution in [1.29, 1.82) is 0 Å². The predicted molar refractivity (Wildman–Crippen MR) is 68.2 cm³/mol. The van der Waals surface area contributed by atoms with Gasteiger partial charge >= 0.3 is 0 Å². The van der Waals surface area contributed by atoms with E-state index in [1.54, 1.807) is 0 Å². The van der Waals surface area contributed by atoms with Gasteiger partial charge in [-0.25, -0.2) is 0 Å². The number of hydrogen-bond donors (Lipinski definition) is 2. The minimum atomic E-state index is -1.35. The molecule has 17 heavy (non-hydrogen) atoms. The molecule has 0 amide bonds. The van der Waals surface area contributed by atoms with Crippen LogP contribution in [0.2, 0.25) is 0 Å². The van der Waals surface area contributed by atoms with E-state index in [4.69, 9.17) is 0 Å². The van der Waals surface area contributed by atoms with Crippen molar-refractivity contribution in [2.45, 2.75) is 26.1 Å². The molecule has 0 spiro atoms. The predicted octanol–water partition coefficient (Wildman–Crippen LogP) is 2.19. The summed E-state index contributed by atoms with van der Waals surface area (Å²) >= 11 is 1.42. The number of thiophene rings is 1. The summed E-state index contributed by atoms with van der Waals surface area (Å²) in [5, 5.41) is 20.6. The lowest BCUT2D eigenvalue weighted by Gasteiger charge is -2.14. The Kier molecular flexibility index (Phi) is 3.28. The normalized spacial score (nSPS) is 14.8. The summed E-state index contributed by atoms with van der Waals surface area (Å²) < 4.78 is 1.05. The van der Waals surface area contributed by atoms with Gasteiger partial charge in [-0.15, -0.1) is 11.3 Å². The van der Waals surface area contributed by atoms with Crippen LogP contribution in [0.1, 0.15) is 23.5 Å². The van der Waals surface area contributed by atoms with Gasteiger partial charge in [0.15, 0.2) is 5.78 Å². The minimum absolute atomic E-state index is 0.422. The van der Waals surface area contributed by atoms with Crippen LogP contribution < -0.4 is 0 Å². The number of aryl methyl sites for hydroxylation is 1. The van der Waals surface area contributed by atoms with Gasteiger partial charge < -0.3 is 10.2 Å². The van der Waals surface area contributed by atoms with Gasteiger partial charge in [0.2, 0.25) is 0 Å². The first kappa shape index (κ1) is 12.2. The van der Waals surface area contributed by atoms with Crippen LogP contribution in [-0.4, -0.2) is 22.1 Å². The van der Waals surface area contributed by atoms with Gasteiger partial charge in [0.25, 0.3) is 0 Å². The number of aliphatic hydroxyl groups is 2. The quantitative estimate of drug-likeness (QED) is 0.878. The van der Waals surface area contributed by atoms with Crippen molar-refractivity contribution >= 4 is 27.2 Å². The second kappa shape index (κ2) is 4.56. The monoisotopic (exact) mass is 250 g/mol. The molecule has 1 aromatic carbocycles. The first-order valence-corrected chi connectivity index (χ1v) is 6.18. The standard InChI is InChI=1S/C13H14O3S/c1-7-9-5-3-4-6-10(9)17-13(7)12(16)11(15)8(2)14/h3-6,11-12,15-16H,1-2H3/t11-,12?/m1/s1. The van der Waals surface area contributed by atoms with E-state index < -0.39 is 18.0 Å². The molecule has 1 aromatic heterocycles. The van der Waals surface area contributed by atoms with Crippen LogP contribution in [0, 0.1) is 6.92 Å². The molecule has 2 rings (SSSR count). The zero-order valence-electron chi connectivity index (χ0n) is 9.68. The lowest BCUT2D eigenvalue weighted by atomic mass is 10.0. The number of benzene rings is 1. The van der Waals surface area contributed by atoms with Crippen LogP contribution in [0.25, 0.3) is 10.1 Å². The molecular weight excluding hydrogens is 236 g/mol. The first-order valence-electron chi connectivity index (χ1n) is 5.37. The molecule has 4 heteroatoms. The Morgan fingerprint density at radius 2 is 1.94 bits per heavy atom. The van der Waals surface area contributed by atoms with Crippen molar-refractivity contribution in [3.05, 3.63) is 34.7 Å². The van der Waals surface area contributed by atoms with Crippen LogP contribution in [0.5, 0.6) is 0 Å². The first-order chi connectivity index (χ1) is 8.02. The van der Waals surface area contributed by atoms with Crippen LogP contribution in [0.4, 0.5) is 0 Å². The summed E-state index contributed by atoms with van der Waals surface area (Å²) in [6.07, 6.45) is -2.48. The van der Waals surface area contributed by atoms with Gasteiger partial charge in [-0.2, -0.15) is 0 Å². The maximum Gasteiger partial charge on any atom is 0.161 e. The van der Waals surface area contributed by atoms with Crippen molar-refractivity contribution in [3.8, 4) is 0 Å². The van der Waals surface area contributed by atoms with Gasteiger partial charge in [-0.3, -0.25) is 4.79 Å². The number of ketones is 1. The van der Waals surface area contributed by atoms with Crippen molar-refractivity contribution < 1.29 is 15.0 Å². The number of fused-ring (bicyclic) bond motifs is 1. The summed E-state index contributed by atoms with van der Waals surface area (Å²) in [5.74, 6) is -0.422. The van der Waals surface area contributed by atoms with Crippen molar-refractivity contribution in [2.24, 2.45) is 0 Å². The fourth-order valence-corrected chi connectivity index (χ4v) is 3.07. The van der Waals surface area contributed by atoms with Crippen LogP contribution in [0.3, 0.4) is 0 Å². The molecule has 0 fully saturated rings. The van der Waals surface area contributed by atoms with Crippen molar-refractivity contribution in [1.82, 2.24) is 0 Å². The largest absolute Gasteiger partial charge is 0.384 e. The Bertz CT molecular complexity index is 559. The number of Topliss-reactive ketones (excluding diaryl/α,β-unsaturated/α-hetero) is 1. The average Bonchev–Trinajstić information content (AvgIpc) is 2.65. The Morgan fingerprint density at radius 3 is 2.53 bits per heavy atom. The van der Waals surface area contributed by atoms with Crippen molar-refractivity contribution in [2.75, 3.05) is 0 Å². The SMILES string of the molecule is CC(=O)[C@@H](O)C(O)c1sc2ccccc2c1C. The summed E-state index contributed by atoms with van der Waals surface area (Å²) in [6.45, 7) is 3.17. The van der Waals surface area contributed by atoms with Crippen LogP contribution >= 0.6 is 11.3 Å². The maximum atomic E-state index is 11.1. The highest BCUT2D eigenvalue weighted by molar-refractivity contribution is 7.19. The van der Waals surface area contributed by atoms with E-state index in [1.807, 2.05) is 31.2 Å². The van der Waals surface area contributed by atoms with Gasteiger partial charge in [0.1, 0.15) is 12.2 Å². The minimum Gasteiger partial charge on any atom is -0.384 e. The highest BCUT2D eigenvalue weighted by atomic mass is 32.1. The summed E-state index contributed by atoms with van der Waals surface area (Å²) in [4.78, 5) is 11.7. The van der Waals surface area contributed by atoms with Crippen LogP contribution in [0.15, 0.2) is 24.3 Å². The third-order valence-electron chi connectivity index (χ3n) is 2.86. The zero-order chi connectivity index (χ0) is 12.6. The fourth-order valence-electron chi connectivity index (χ4n) is 1.84. The lowest BCUT2D eigenvalue weighted by Crippen LogP contribution is -2.25. The zero-order valence-corrected chi connectivity index (χ0v) is 10.5. The molecular formula is C13H14O3S. The van der Waals surface area contributed by atoms with E-state index in [-0.39, 0.29) is 0 Å². The molecule has 0 aliphatic rings. The molecule has 0 radical (unpaired) electrons. The lowest BCUT2D eigenvalue weighted by molar-refractivity contribution is -0.130. The molecule has 1 heterocycles. The molecule has 1 unspecified atom stereocenters. The Morgan fingerprint density at radius 1 is 1.29 bits per heavy atom. The van der Waals surface area contributed by atoms with E-state index in [9.17, 15) is 15.0 Å². The summed E-state index contributed by atoms with van der Waals surface area (Å²) in [7, 11) is 0. The average molecular weight is 250 g/mol. The molecule has 0 saturated carbocycles. The Balaban J connectivity index is 2.49. The second-order valence-electron chi connectivity index (χ2n) is 4.09. The van der Waals surface area contributed by atoms with Gasteiger partial charge in [0, 0.05) is 9.58 Å². The molecule has 2 N–H and O–H groups in total. The van der Waals surface area contributed by atoms with Gasteiger partial charge in [-0.1, -0.05) is 18.2 Å². The van der Waals surface area contributed by atoms with E-state index in [0.29, 0.717) is 4.88 Å². The molecule has 3 nitrogen and oxygen atoms in total. The number of rotatable bonds is 3. The highest BCUT2D eigenvalue weighted by Gasteiger charge is 2.26. The van der Waals surface area contributed by atoms with E-state index in [1.165, 1.54) is 18.3 Å². The summed E-state index contributed by atoms with van der Waals surface area (Å²) in [5.41, 5.74) is 0.929. The molecule has 0 aliphatic heterocycles. The molecule has 2 atom stereocenters. The van der Waals surface area contributed by atoms with E-state index in [2.05, 4.69) is 0 Å². The fraction of sp³-hybridized carbons (Fsp3) is 0.308. The Hall–Kier alpha value is -1.23. The maximum absolute atomic E-state index is 11.1. The molecule has 0 saturated heterocycles. The number of aliphatic hydroxyl groups excluding tert-OH is 2. The topological polar surface area (TPSA) is 57.5 Å². The summed E-state index contributed by atoms with van der Waals surface area (Å²) in [6, 6.07) is 7.79. The molecule has 0 bridgehead atoms. The smallest absolute Gasteiger partial charge is 0.161 e. The molecule has 0 aliphatic carbocycles. The van der Waals surface area contributed by atoms with Crippen LogP contribution in [-0.2, 0) is 4.79 Å². The number of hydrogen-bond acceptors (Lipinski definition) is 4. The number of carbonyl (C=O) groups is 1. The van der Waals surface area contributed by atoms with Gasteiger partial charge in [-0.05, 0) is 30.9 Å².